The van der Waals surface area contributed by atoms with Crippen molar-refractivity contribution in [2.45, 2.75) is 53.0 Å². The van der Waals surface area contributed by atoms with E-state index in [4.69, 9.17) is 11.6 Å². The van der Waals surface area contributed by atoms with Gasteiger partial charge in [-0.05, 0) is 37.5 Å². The third kappa shape index (κ3) is 8.46. The number of hydrogen-bond donors (Lipinski definition) is 2. The minimum absolute atomic E-state index is 0.184. The van der Waals surface area contributed by atoms with Crippen LogP contribution < -0.4 is 10.6 Å². The maximum absolute atomic E-state index is 11.5. The van der Waals surface area contributed by atoms with Crippen LogP contribution in [0.25, 0.3) is 10.9 Å². The highest BCUT2D eigenvalue weighted by molar-refractivity contribution is 6.31. The Balaban J connectivity index is 0.000000260. The lowest BCUT2D eigenvalue weighted by atomic mass is 9.97. The van der Waals surface area contributed by atoms with Crippen LogP contribution in [0.5, 0.6) is 0 Å². The van der Waals surface area contributed by atoms with Gasteiger partial charge < -0.3 is 10.6 Å². The molecule has 1 amide bonds. The van der Waals surface area contributed by atoms with Gasteiger partial charge in [0.25, 0.3) is 0 Å². The number of nitrogens with zero attached hydrogens (tertiary/aromatic N) is 3. The van der Waals surface area contributed by atoms with Gasteiger partial charge in [-0.1, -0.05) is 62.6 Å². The largest absolute Gasteiger partial charge is 0.352 e. The molecule has 33 heavy (non-hydrogen) atoms. The lowest BCUT2D eigenvalue weighted by Crippen LogP contribution is -2.30. The maximum atomic E-state index is 11.5. The molecule has 0 aliphatic rings. The van der Waals surface area contributed by atoms with E-state index >= 15 is 0 Å². The molecule has 0 saturated heterocycles. The molecule has 0 unspecified atom stereocenters. The van der Waals surface area contributed by atoms with E-state index in [2.05, 4.69) is 46.0 Å². The standard InChI is InChI=1S/C15H13ClN4.C11H21NO/c1-10-12-9-19-15(20-14(12)6-7-17-10)18-8-11-4-2-3-5-13(11)16;1-4-7-10(8-5-2)11(13)12-9-6-3/h2-7,9H,8H2,1H3,(H,18,19,20);6,10H,3-5,7-9H2,1-2H3,(H,12,13). The van der Waals surface area contributed by atoms with Crippen molar-refractivity contribution in [2.75, 3.05) is 11.9 Å². The van der Waals surface area contributed by atoms with Crippen molar-refractivity contribution in [1.82, 2.24) is 20.3 Å². The highest BCUT2D eigenvalue weighted by Crippen LogP contribution is 2.18. The molecule has 1 aromatic carbocycles. The first kappa shape index (κ1) is 26.3. The third-order valence-electron chi connectivity index (χ3n) is 5.17. The zero-order chi connectivity index (χ0) is 24.1. The smallest absolute Gasteiger partial charge is 0.223 e. The number of carbonyl (C=O) groups is 1. The molecule has 2 aromatic heterocycles. The Kier molecular flexibility index (Phi) is 11.3. The van der Waals surface area contributed by atoms with Gasteiger partial charge in [-0.25, -0.2) is 9.97 Å². The number of pyridine rings is 1. The molecule has 0 spiro atoms. The quantitative estimate of drug-likeness (QED) is 0.352. The molecule has 0 atom stereocenters. The topological polar surface area (TPSA) is 79.8 Å². The molecule has 2 N–H and O–H groups in total. The Labute approximate surface area is 201 Å². The van der Waals surface area contributed by atoms with Crippen LogP contribution >= 0.6 is 11.6 Å². The van der Waals surface area contributed by atoms with Crippen molar-refractivity contribution in [2.24, 2.45) is 5.92 Å². The number of carbonyl (C=O) groups excluding carboxylic acids is 1. The Morgan fingerprint density at radius 2 is 1.88 bits per heavy atom. The Bertz CT molecular complexity index is 1030. The summed E-state index contributed by atoms with van der Waals surface area (Å²) in [5.41, 5.74) is 2.83. The molecule has 0 aliphatic heterocycles. The molecule has 7 heteroatoms. The molecule has 0 bridgehead atoms. The first-order valence-corrected chi connectivity index (χ1v) is 11.8. The van der Waals surface area contributed by atoms with Crippen LogP contribution in [0.4, 0.5) is 5.95 Å². The summed E-state index contributed by atoms with van der Waals surface area (Å²) in [7, 11) is 0. The van der Waals surface area contributed by atoms with Crippen LogP contribution in [0.15, 0.2) is 55.4 Å². The fourth-order valence-electron chi connectivity index (χ4n) is 3.41. The van der Waals surface area contributed by atoms with Crippen LogP contribution in [0, 0.1) is 12.8 Å². The van der Waals surface area contributed by atoms with Gasteiger partial charge in [-0.15, -0.1) is 6.58 Å². The molecule has 3 aromatic rings. The van der Waals surface area contributed by atoms with Crippen LogP contribution in [0.1, 0.15) is 50.8 Å². The second kappa shape index (κ2) is 14.2. The van der Waals surface area contributed by atoms with Crippen molar-refractivity contribution in [1.29, 1.82) is 0 Å². The molecule has 176 valence electrons. The summed E-state index contributed by atoms with van der Waals surface area (Å²) in [4.78, 5) is 24.5. The van der Waals surface area contributed by atoms with Gasteiger partial charge in [0.1, 0.15) is 0 Å². The van der Waals surface area contributed by atoms with E-state index in [1.165, 1.54) is 0 Å². The Hall–Kier alpha value is -2.99. The lowest BCUT2D eigenvalue weighted by molar-refractivity contribution is -0.125. The molecule has 0 radical (unpaired) electrons. The molecule has 0 fully saturated rings. The maximum Gasteiger partial charge on any atom is 0.223 e. The highest BCUT2D eigenvalue weighted by Gasteiger charge is 2.15. The Morgan fingerprint density at radius 3 is 2.55 bits per heavy atom. The van der Waals surface area contributed by atoms with Crippen molar-refractivity contribution in [3.05, 3.63) is 71.7 Å². The van der Waals surface area contributed by atoms with Crippen molar-refractivity contribution in [3.63, 3.8) is 0 Å². The summed E-state index contributed by atoms with van der Waals surface area (Å²) < 4.78 is 0. The SMILES string of the molecule is C=CCNC(=O)C(CCC)CCC.Cc1nccc2nc(NCc3ccccc3Cl)ncc12. The van der Waals surface area contributed by atoms with E-state index < -0.39 is 0 Å². The third-order valence-corrected chi connectivity index (χ3v) is 5.54. The number of anilines is 1. The summed E-state index contributed by atoms with van der Waals surface area (Å²) >= 11 is 6.12. The van der Waals surface area contributed by atoms with Gasteiger partial charge in [0.05, 0.1) is 5.52 Å². The van der Waals surface area contributed by atoms with Gasteiger partial charge in [-0.3, -0.25) is 9.78 Å². The molecule has 3 rings (SSSR count). The number of rotatable bonds is 10. The summed E-state index contributed by atoms with van der Waals surface area (Å²) in [6, 6.07) is 9.59. The summed E-state index contributed by atoms with van der Waals surface area (Å²) in [5, 5.41) is 7.74. The van der Waals surface area contributed by atoms with Crippen LogP contribution in [0.3, 0.4) is 0 Å². The molecular weight excluding hydrogens is 434 g/mol. The van der Waals surface area contributed by atoms with E-state index in [1.807, 2.05) is 37.3 Å². The first-order chi connectivity index (χ1) is 16.0. The average molecular weight is 468 g/mol. The number of amides is 1. The highest BCUT2D eigenvalue weighted by atomic mass is 35.5. The van der Waals surface area contributed by atoms with Crippen molar-refractivity contribution < 1.29 is 4.79 Å². The second-order valence-electron chi connectivity index (χ2n) is 7.78. The van der Waals surface area contributed by atoms with E-state index in [0.717, 1.165) is 52.9 Å². The predicted molar refractivity (Wildman–Crippen MR) is 137 cm³/mol. The van der Waals surface area contributed by atoms with Gasteiger partial charge in [-0.2, -0.15) is 0 Å². The molecule has 6 nitrogen and oxygen atoms in total. The fourth-order valence-corrected chi connectivity index (χ4v) is 3.61. The number of nitrogens with one attached hydrogen (secondary N) is 2. The van der Waals surface area contributed by atoms with Crippen LogP contribution in [-0.4, -0.2) is 27.4 Å². The number of aromatic nitrogens is 3. The number of benzene rings is 1. The van der Waals surface area contributed by atoms with Gasteiger partial charge in [0, 0.05) is 47.5 Å². The lowest BCUT2D eigenvalue weighted by Gasteiger charge is -2.13. The van der Waals surface area contributed by atoms with E-state index in [0.29, 0.717) is 19.0 Å². The summed E-state index contributed by atoms with van der Waals surface area (Å²) in [6.07, 6.45) is 9.40. The van der Waals surface area contributed by atoms with Crippen LogP contribution in [0.2, 0.25) is 5.02 Å². The number of fused-ring (bicyclic) bond motifs is 1. The van der Waals surface area contributed by atoms with E-state index in [1.54, 1.807) is 18.5 Å². The van der Waals surface area contributed by atoms with Gasteiger partial charge >= 0.3 is 0 Å². The van der Waals surface area contributed by atoms with E-state index in [9.17, 15) is 4.79 Å². The average Bonchev–Trinajstić information content (AvgIpc) is 2.82. The number of aryl methyl sites for hydroxylation is 1. The normalized spacial score (nSPS) is 10.5. The Morgan fingerprint density at radius 1 is 1.15 bits per heavy atom. The fraction of sp³-hybridized carbons (Fsp3) is 0.385. The zero-order valence-corrected chi connectivity index (χ0v) is 20.5. The van der Waals surface area contributed by atoms with E-state index in [-0.39, 0.29) is 11.8 Å². The minimum atomic E-state index is 0.184. The van der Waals surface area contributed by atoms with Gasteiger partial charge in [0.2, 0.25) is 11.9 Å². The monoisotopic (exact) mass is 467 g/mol. The minimum Gasteiger partial charge on any atom is -0.352 e. The first-order valence-electron chi connectivity index (χ1n) is 11.4. The molecule has 0 aliphatic carbocycles. The van der Waals surface area contributed by atoms with Crippen LogP contribution in [-0.2, 0) is 11.3 Å². The molecular formula is C26H34ClN5O. The van der Waals surface area contributed by atoms with Crippen molar-refractivity contribution in [3.8, 4) is 0 Å². The summed E-state index contributed by atoms with van der Waals surface area (Å²) in [5.74, 6) is 0.974. The second-order valence-corrected chi connectivity index (χ2v) is 8.18. The van der Waals surface area contributed by atoms with Crippen molar-refractivity contribution >= 4 is 34.4 Å². The molecule has 2 heterocycles. The molecule has 0 saturated carbocycles. The van der Waals surface area contributed by atoms with Gasteiger partial charge in [0.15, 0.2) is 0 Å². The number of hydrogen-bond acceptors (Lipinski definition) is 5. The number of halogens is 1. The zero-order valence-electron chi connectivity index (χ0n) is 19.8. The summed E-state index contributed by atoms with van der Waals surface area (Å²) in [6.45, 7) is 10.9. The predicted octanol–water partition coefficient (Wildman–Crippen LogP) is 6.10.